The smallest absolute Gasteiger partial charge is 0.251 e. The zero-order chi connectivity index (χ0) is 67.3. The van der Waals surface area contributed by atoms with E-state index < -0.39 is 35.8 Å². The van der Waals surface area contributed by atoms with E-state index in [2.05, 4.69) is 56.8 Å². The summed E-state index contributed by atoms with van der Waals surface area (Å²) in [6.07, 6.45) is 51.1. The second-order valence-corrected chi connectivity index (χ2v) is 23.5. The molecular weight excluding hydrogens is 1170 g/mol. The minimum atomic E-state index is -0.593. The fraction of sp³-hybridized carbons (Fsp3) is 0.545. The Balaban J connectivity index is 1.84. The van der Waals surface area contributed by atoms with Gasteiger partial charge in [0.2, 0.25) is 5.91 Å². The molecule has 0 unspecified atom stereocenters. The molecule has 1 saturated carbocycles. The maximum Gasteiger partial charge on any atom is 0.251 e. The number of carbonyl (C=O) groups is 5. The molecule has 3 aromatic carbocycles. The summed E-state index contributed by atoms with van der Waals surface area (Å²) in [5.41, 5.74) is 9.25. The average Bonchev–Trinajstić information content (AvgIpc) is 1.00. The molecule has 0 aromatic heterocycles. The van der Waals surface area contributed by atoms with E-state index in [-0.39, 0.29) is 22.8 Å². The van der Waals surface area contributed by atoms with Crippen molar-refractivity contribution in [1.29, 1.82) is 0 Å². The number of hydrogen-bond donors (Lipinski definition) is 5. The number of benzene rings is 3. The lowest BCUT2D eigenvalue weighted by Crippen LogP contribution is -2.53. The Morgan fingerprint density at radius 1 is 0.398 bits per heavy atom. The number of nitrogens with two attached hydrogens (primary N) is 1. The molecule has 0 radical (unpaired) electrons. The van der Waals surface area contributed by atoms with Crippen molar-refractivity contribution >= 4 is 29.4 Å². The van der Waals surface area contributed by atoms with Gasteiger partial charge in [-0.1, -0.05) is 0 Å². The second kappa shape index (κ2) is 46.4. The standard InChI is InChI=1S/C77H101N5O11/c1-9-15-21-29-43-88-69-49-60(50-70(89-44-30-22-16-10-2)66(69)38-28-27-37-58(7)83)75(85)80-63-55-64(81-76(86)61-51-71(90-45-31-23-17-11-3)67(39-35-41-78)72(52-61)91-46-32-24-18-12-4)57-65(56-63)82-77(87)62-53-73(92-47-33-25-19-13-5)68(40-36-42-79-59(8)84)74(54-62)93-48-34-26-20-14-6/h1-6,49-54,63-65H,15-48,55-57,78H2,7-8H3,(H,79,84)(H,80,85)(H,81,86)(H,82,87)/t63-,64+,65-/m1/s1. The van der Waals surface area contributed by atoms with Crippen LogP contribution in [0.4, 0.5) is 0 Å². The Morgan fingerprint density at radius 2 is 0.667 bits per heavy atom. The first-order chi connectivity index (χ1) is 45.3. The highest BCUT2D eigenvalue weighted by Crippen LogP contribution is 2.37. The number of nitrogens with one attached hydrogen (secondary N) is 4. The first-order valence-electron chi connectivity index (χ1n) is 33.5. The number of unbranched alkanes of at least 4 members (excludes halogenated alkanes) is 13. The summed E-state index contributed by atoms with van der Waals surface area (Å²) in [7, 11) is 0. The molecule has 0 heterocycles. The Bertz CT molecular complexity index is 2810. The molecule has 4 amide bonds. The van der Waals surface area contributed by atoms with E-state index in [4.69, 9.17) is 72.7 Å². The van der Waals surface area contributed by atoms with Gasteiger partial charge in [0, 0.05) is 110 Å². The summed E-state index contributed by atoms with van der Waals surface area (Å²) in [6, 6.07) is 8.60. The Kier molecular flexibility index (Phi) is 38.3. The first kappa shape index (κ1) is 76.8. The maximum absolute atomic E-state index is 15.0. The van der Waals surface area contributed by atoms with E-state index in [0.717, 1.165) is 55.2 Å². The third-order valence-electron chi connectivity index (χ3n) is 15.7. The summed E-state index contributed by atoms with van der Waals surface area (Å²) < 4.78 is 38.8. The number of Topliss-reactive ketones (excluding diaryl/α,β-unsaturated/α-hetero) is 1. The lowest BCUT2D eigenvalue weighted by atomic mass is 9.86. The van der Waals surface area contributed by atoms with Crippen molar-refractivity contribution in [3.63, 3.8) is 0 Å². The van der Waals surface area contributed by atoms with Crippen LogP contribution < -0.4 is 55.4 Å². The van der Waals surface area contributed by atoms with Gasteiger partial charge < -0.3 is 60.2 Å². The molecule has 3 aromatic rings. The molecule has 6 N–H and O–H groups in total. The number of carbonyl (C=O) groups excluding carboxylic acids is 5. The maximum atomic E-state index is 15.0. The van der Waals surface area contributed by atoms with Gasteiger partial charge in [0.05, 0.1) is 39.6 Å². The molecule has 4 rings (SSSR count). The van der Waals surface area contributed by atoms with Crippen LogP contribution in [0.25, 0.3) is 0 Å². The zero-order valence-electron chi connectivity index (χ0n) is 55.4. The third-order valence-corrected chi connectivity index (χ3v) is 15.7. The van der Waals surface area contributed by atoms with Gasteiger partial charge in [-0.15, -0.1) is 74.1 Å². The van der Waals surface area contributed by atoms with Crippen molar-refractivity contribution in [2.24, 2.45) is 5.73 Å². The molecule has 16 nitrogen and oxygen atoms in total. The topological polar surface area (TPSA) is 215 Å². The molecule has 3 atom stereocenters. The van der Waals surface area contributed by atoms with E-state index in [1.165, 1.54) is 6.92 Å². The van der Waals surface area contributed by atoms with E-state index in [1.54, 1.807) is 43.3 Å². The van der Waals surface area contributed by atoms with Crippen molar-refractivity contribution in [2.75, 3.05) is 52.7 Å². The Labute approximate surface area is 555 Å². The minimum absolute atomic E-state index is 0.103. The quantitative estimate of drug-likeness (QED) is 0.0264. The number of ether oxygens (including phenoxy) is 6. The van der Waals surface area contributed by atoms with Crippen LogP contribution >= 0.6 is 0 Å². The van der Waals surface area contributed by atoms with Gasteiger partial charge in [-0.25, -0.2) is 0 Å². The van der Waals surface area contributed by atoms with Gasteiger partial charge in [-0.3, -0.25) is 19.2 Å². The molecular formula is C77H101N5O11. The van der Waals surface area contributed by atoms with Crippen LogP contribution in [0.5, 0.6) is 34.5 Å². The molecule has 500 valence electrons. The van der Waals surface area contributed by atoms with Crippen LogP contribution in [0.15, 0.2) is 36.4 Å². The zero-order valence-corrected chi connectivity index (χ0v) is 55.4. The number of ketones is 1. The summed E-state index contributed by atoms with van der Waals surface area (Å²) in [6.45, 7) is 5.98. The highest BCUT2D eigenvalue weighted by Gasteiger charge is 2.34. The number of rotatable bonds is 48. The van der Waals surface area contributed by atoms with Crippen molar-refractivity contribution in [2.45, 2.75) is 218 Å². The molecule has 0 aliphatic heterocycles. The van der Waals surface area contributed by atoms with Gasteiger partial charge >= 0.3 is 0 Å². The van der Waals surface area contributed by atoms with Crippen molar-refractivity contribution in [1.82, 2.24) is 21.3 Å². The van der Waals surface area contributed by atoms with Crippen LogP contribution in [0, 0.1) is 74.1 Å². The summed E-state index contributed by atoms with van der Waals surface area (Å²) in [5, 5.41) is 12.7. The molecule has 0 saturated heterocycles. The van der Waals surface area contributed by atoms with E-state index >= 15 is 0 Å². The molecule has 1 aliphatic rings. The first-order valence-corrected chi connectivity index (χ1v) is 33.5. The summed E-state index contributed by atoms with van der Waals surface area (Å²) in [5.74, 6) is 17.7. The van der Waals surface area contributed by atoms with Crippen molar-refractivity contribution in [3.8, 4) is 109 Å². The van der Waals surface area contributed by atoms with Gasteiger partial charge in [0.25, 0.3) is 17.7 Å². The van der Waals surface area contributed by atoms with Crippen LogP contribution in [0.3, 0.4) is 0 Å². The van der Waals surface area contributed by atoms with Crippen LogP contribution in [0.2, 0.25) is 0 Å². The van der Waals surface area contributed by atoms with E-state index in [9.17, 15) is 24.0 Å². The molecule has 0 bridgehead atoms. The normalized spacial score (nSPS) is 13.8. The Hall–Kier alpha value is -8.67. The second-order valence-electron chi connectivity index (χ2n) is 23.5. The number of terminal acetylenes is 6. The van der Waals surface area contributed by atoms with Gasteiger partial charge in [0.15, 0.2) is 0 Å². The molecule has 1 fully saturated rings. The van der Waals surface area contributed by atoms with Crippen LogP contribution in [0.1, 0.15) is 229 Å². The summed E-state index contributed by atoms with van der Waals surface area (Å²) >= 11 is 0. The SMILES string of the molecule is C#CCCCCOc1cc(C(=O)N[C@H]2C[C@@H](NC(=O)c3cc(OCCCCC#C)c(CCCCC(C)=O)c(OCCCCC#C)c3)C[C@@H](NC(=O)c3cc(OCCCCC#C)c(CCCNC(C)=O)c(OCCCCC#C)c3)C2)cc(OCCCCC#C)c1CCCN. The van der Waals surface area contributed by atoms with Crippen LogP contribution in [-0.2, 0) is 28.9 Å². The molecule has 1 aliphatic carbocycles. The van der Waals surface area contributed by atoms with E-state index in [1.807, 2.05) is 0 Å². The fourth-order valence-corrected chi connectivity index (χ4v) is 10.8. The monoisotopic (exact) mass is 1270 g/mol. The summed E-state index contributed by atoms with van der Waals surface area (Å²) in [4.78, 5) is 68.7. The lowest BCUT2D eigenvalue weighted by Gasteiger charge is -2.36. The minimum Gasteiger partial charge on any atom is -0.493 e. The van der Waals surface area contributed by atoms with Crippen molar-refractivity contribution < 1.29 is 52.4 Å². The van der Waals surface area contributed by atoms with E-state index in [0.29, 0.717) is 240 Å². The molecule has 16 heteroatoms. The highest BCUT2D eigenvalue weighted by atomic mass is 16.5. The number of hydrogen-bond acceptors (Lipinski definition) is 12. The number of amides is 4. The molecule has 93 heavy (non-hydrogen) atoms. The molecule has 0 spiro atoms. The third kappa shape index (κ3) is 30.1. The average molecular weight is 1270 g/mol. The predicted octanol–water partition coefficient (Wildman–Crippen LogP) is 11.9. The van der Waals surface area contributed by atoms with Gasteiger partial charge in [-0.2, -0.15) is 0 Å². The van der Waals surface area contributed by atoms with Crippen LogP contribution in [-0.4, -0.2) is 100 Å². The predicted molar refractivity (Wildman–Crippen MR) is 369 cm³/mol. The largest absolute Gasteiger partial charge is 0.493 e. The van der Waals surface area contributed by atoms with Gasteiger partial charge in [0.1, 0.15) is 40.3 Å². The van der Waals surface area contributed by atoms with Gasteiger partial charge in [-0.05, 0) is 191 Å². The van der Waals surface area contributed by atoms with Crippen molar-refractivity contribution in [3.05, 3.63) is 69.8 Å². The Morgan fingerprint density at radius 3 is 0.914 bits per heavy atom. The lowest BCUT2D eigenvalue weighted by molar-refractivity contribution is -0.119. The fourth-order valence-electron chi connectivity index (χ4n) is 10.8. The highest BCUT2D eigenvalue weighted by molar-refractivity contribution is 5.97.